The van der Waals surface area contributed by atoms with Crippen LogP contribution in [0.5, 0.6) is 0 Å². The lowest BCUT2D eigenvalue weighted by Gasteiger charge is -2.10. The zero-order valence-corrected chi connectivity index (χ0v) is 13.1. The van der Waals surface area contributed by atoms with E-state index in [1.807, 2.05) is 0 Å². The molecule has 3 heteroatoms. The zero-order valence-electron chi connectivity index (χ0n) is 13.1. The van der Waals surface area contributed by atoms with Crippen molar-refractivity contribution in [1.29, 1.82) is 0 Å². The smallest absolute Gasteiger partial charge is 0.332 e. The molecule has 0 aliphatic carbocycles. The minimum absolute atomic E-state index is 0.524. The first-order chi connectivity index (χ1) is 9.70. The maximum Gasteiger partial charge on any atom is 0.332 e. The summed E-state index contributed by atoms with van der Waals surface area (Å²) in [6.45, 7) is 5.53. The van der Waals surface area contributed by atoms with Crippen molar-refractivity contribution >= 4 is 5.97 Å². The Morgan fingerprint density at radius 3 is 1.90 bits per heavy atom. The lowest BCUT2D eigenvalue weighted by atomic mass is 10.1. The Balaban J connectivity index is 3.16. The van der Waals surface area contributed by atoms with Gasteiger partial charge in [-0.1, -0.05) is 77.7 Å². The molecular formula is C17H32O3. The van der Waals surface area contributed by atoms with Crippen LogP contribution < -0.4 is 0 Å². The van der Waals surface area contributed by atoms with Crippen LogP contribution in [0.1, 0.15) is 84.0 Å². The van der Waals surface area contributed by atoms with Crippen molar-refractivity contribution in [2.24, 2.45) is 0 Å². The fourth-order valence-corrected chi connectivity index (χ4v) is 2.22. The van der Waals surface area contributed by atoms with Gasteiger partial charge in [0.1, 0.15) is 0 Å². The number of unbranched alkanes of at least 4 members (excludes halogenated alkanes) is 10. The second kappa shape index (κ2) is 14.6. The van der Waals surface area contributed by atoms with E-state index in [9.17, 15) is 9.90 Å². The lowest BCUT2D eigenvalue weighted by molar-refractivity contribution is -0.162. The van der Waals surface area contributed by atoms with E-state index < -0.39 is 12.3 Å². The van der Waals surface area contributed by atoms with Crippen molar-refractivity contribution in [2.75, 3.05) is 0 Å². The van der Waals surface area contributed by atoms with Gasteiger partial charge in [-0.15, -0.1) is 0 Å². The molecule has 0 rings (SSSR count). The van der Waals surface area contributed by atoms with Crippen molar-refractivity contribution in [3.05, 3.63) is 12.7 Å². The maximum atomic E-state index is 10.8. The van der Waals surface area contributed by atoms with E-state index in [2.05, 4.69) is 18.2 Å². The molecule has 0 radical (unpaired) electrons. The number of hydrogen-bond acceptors (Lipinski definition) is 3. The Morgan fingerprint density at radius 1 is 1.00 bits per heavy atom. The maximum absolute atomic E-state index is 10.8. The topological polar surface area (TPSA) is 46.5 Å². The van der Waals surface area contributed by atoms with Crippen LogP contribution in [0.4, 0.5) is 0 Å². The van der Waals surface area contributed by atoms with E-state index in [1.54, 1.807) is 0 Å². The van der Waals surface area contributed by atoms with Gasteiger partial charge >= 0.3 is 5.97 Å². The molecule has 0 amide bonds. The molecule has 0 aliphatic heterocycles. The minimum Gasteiger partial charge on any atom is -0.433 e. The Hall–Kier alpha value is -0.830. The molecule has 1 unspecified atom stereocenters. The van der Waals surface area contributed by atoms with Crippen LogP contribution in [0, 0.1) is 0 Å². The van der Waals surface area contributed by atoms with E-state index in [0.29, 0.717) is 6.42 Å². The molecule has 0 aromatic carbocycles. The number of aliphatic hydroxyl groups is 1. The molecule has 0 fully saturated rings. The Kier molecular flexibility index (Phi) is 14.0. The summed E-state index contributed by atoms with van der Waals surface area (Å²) in [4.78, 5) is 10.8. The fraction of sp³-hybridized carbons (Fsp3) is 0.824. The van der Waals surface area contributed by atoms with Crippen LogP contribution in [-0.2, 0) is 9.53 Å². The third kappa shape index (κ3) is 13.6. The standard InChI is InChI=1S/C17H32O3/c1-3-5-6-7-8-9-10-11-12-13-14-15-17(19)20-16(18)4-2/h4,17,19H,2-3,5-15H2,1H3. The fourth-order valence-electron chi connectivity index (χ4n) is 2.22. The van der Waals surface area contributed by atoms with Crippen molar-refractivity contribution in [2.45, 2.75) is 90.3 Å². The molecule has 118 valence electrons. The predicted molar refractivity (Wildman–Crippen MR) is 83.4 cm³/mol. The molecular weight excluding hydrogens is 252 g/mol. The number of carbonyl (C=O) groups excluding carboxylic acids is 1. The molecule has 0 bridgehead atoms. The molecule has 0 saturated heterocycles. The van der Waals surface area contributed by atoms with Gasteiger partial charge in [-0.2, -0.15) is 0 Å². The third-order valence-corrected chi connectivity index (χ3v) is 3.47. The summed E-state index contributed by atoms with van der Waals surface area (Å²) < 4.78 is 4.69. The SMILES string of the molecule is C=CC(=O)OC(O)CCCCCCCCCCCCC. The molecule has 0 heterocycles. The van der Waals surface area contributed by atoms with Crippen molar-refractivity contribution in [1.82, 2.24) is 0 Å². The zero-order chi connectivity index (χ0) is 15.1. The van der Waals surface area contributed by atoms with Crippen LogP contribution in [0.25, 0.3) is 0 Å². The summed E-state index contributed by atoms with van der Waals surface area (Å²) in [5, 5.41) is 9.40. The van der Waals surface area contributed by atoms with Gasteiger partial charge in [0.15, 0.2) is 0 Å². The van der Waals surface area contributed by atoms with Gasteiger partial charge in [-0.3, -0.25) is 0 Å². The van der Waals surface area contributed by atoms with Crippen molar-refractivity contribution in [3.8, 4) is 0 Å². The number of rotatable bonds is 14. The summed E-state index contributed by atoms with van der Waals surface area (Å²) in [6, 6.07) is 0. The number of esters is 1. The summed E-state index contributed by atoms with van der Waals surface area (Å²) in [5.74, 6) is -0.555. The van der Waals surface area contributed by atoms with Crippen LogP contribution >= 0.6 is 0 Å². The van der Waals surface area contributed by atoms with E-state index in [4.69, 9.17) is 0 Å². The summed E-state index contributed by atoms with van der Waals surface area (Å²) in [7, 11) is 0. The first-order valence-electron chi connectivity index (χ1n) is 8.21. The number of aliphatic hydroxyl groups excluding tert-OH is 1. The molecule has 0 spiro atoms. The van der Waals surface area contributed by atoms with Crippen LogP contribution in [-0.4, -0.2) is 17.4 Å². The van der Waals surface area contributed by atoms with Crippen LogP contribution in [0.2, 0.25) is 0 Å². The van der Waals surface area contributed by atoms with E-state index in [0.717, 1.165) is 18.9 Å². The Morgan fingerprint density at radius 2 is 1.45 bits per heavy atom. The van der Waals surface area contributed by atoms with Gasteiger partial charge in [-0.05, 0) is 6.42 Å². The van der Waals surface area contributed by atoms with Gasteiger partial charge in [0.05, 0.1) is 0 Å². The average molecular weight is 284 g/mol. The van der Waals surface area contributed by atoms with Gasteiger partial charge < -0.3 is 9.84 Å². The monoisotopic (exact) mass is 284 g/mol. The van der Waals surface area contributed by atoms with Crippen LogP contribution in [0.15, 0.2) is 12.7 Å². The van der Waals surface area contributed by atoms with E-state index in [1.165, 1.54) is 57.8 Å². The molecule has 0 aromatic heterocycles. The normalized spacial score (nSPS) is 12.1. The van der Waals surface area contributed by atoms with Crippen molar-refractivity contribution < 1.29 is 14.6 Å². The first kappa shape index (κ1) is 19.2. The highest BCUT2D eigenvalue weighted by molar-refractivity contribution is 5.81. The lowest BCUT2D eigenvalue weighted by Crippen LogP contribution is -2.15. The van der Waals surface area contributed by atoms with Gasteiger partial charge in [0, 0.05) is 12.5 Å². The molecule has 0 aliphatic rings. The highest BCUT2D eigenvalue weighted by atomic mass is 16.6. The van der Waals surface area contributed by atoms with E-state index >= 15 is 0 Å². The molecule has 3 nitrogen and oxygen atoms in total. The summed E-state index contributed by atoms with van der Waals surface area (Å²) in [6.07, 6.45) is 14.6. The molecule has 0 saturated carbocycles. The quantitative estimate of drug-likeness (QED) is 0.217. The van der Waals surface area contributed by atoms with E-state index in [-0.39, 0.29) is 0 Å². The molecule has 0 aromatic rings. The number of hydrogen-bond donors (Lipinski definition) is 1. The first-order valence-corrected chi connectivity index (χ1v) is 8.21. The largest absolute Gasteiger partial charge is 0.433 e. The molecule has 1 atom stereocenters. The molecule has 1 N–H and O–H groups in total. The van der Waals surface area contributed by atoms with Gasteiger partial charge in [0.2, 0.25) is 6.29 Å². The number of carbonyl (C=O) groups is 1. The highest BCUT2D eigenvalue weighted by Crippen LogP contribution is 2.12. The highest BCUT2D eigenvalue weighted by Gasteiger charge is 2.07. The second-order valence-electron chi connectivity index (χ2n) is 5.42. The summed E-state index contributed by atoms with van der Waals surface area (Å²) in [5.41, 5.74) is 0. The Bertz CT molecular complexity index is 238. The third-order valence-electron chi connectivity index (χ3n) is 3.47. The Labute approximate surface area is 124 Å². The predicted octanol–water partition coefficient (Wildman–Crippen LogP) is 4.74. The van der Waals surface area contributed by atoms with Crippen LogP contribution in [0.3, 0.4) is 0 Å². The summed E-state index contributed by atoms with van der Waals surface area (Å²) >= 11 is 0. The van der Waals surface area contributed by atoms with Crippen molar-refractivity contribution in [3.63, 3.8) is 0 Å². The minimum atomic E-state index is -0.973. The average Bonchev–Trinajstić information content (AvgIpc) is 2.44. The second-order valence-corrected chi connectivity index (χ2v) is 5.42. The molecule has 20 heavy (non-hydrogen) atoms. The number of ether oxygens (including phenoxy) is 1. The van der Waals surface area contributed by atoms with Gasteiger partial charge in [0.25, 0.3) is 0 Å². The van der Waals surface area contributed by atoms with Gasteiger partial charge in [-0.25, -0.2) is 4.79 Å².